The van der Waals surface area contributed by atoms with E-state index in [9.17, 15) is 4.39 Å². The Morgan fingerprint density at radius 1 is 1.00 bits per heavy atom. The number of aromatic nitrogens is 1. The summed E-state index contributed by atoms with van der Waals surface area (Å²) in [5.74, 6) is -0.217. The van der Waals surface area contributed by atoms with Crippen LogP contribution in [0.2, 0.25) is 0 Å². The zero-order chi connectivity index (χ0) is 17.3. The zero-order valence-corrected chi connectivity index (χ0v) is 15.2. The van der Waals surface area contributed by atoms with E-state index in [-0.39, 0.29) is 11.9 Å². The number of thiazole rings is 1. The second kappa shape index (κ2) is 6.73. The lowest BCUT2D eigenvalue weighted by Gasteiger charge is -2.13. The molecule has 1 heterocycles. The highest BCUT2D eigenvalue weighted by Crippen LogP contribution is 2.24. The number of rotatable bonds is 3. The molecule has 1 aromatic heterocycles. The van der Waals surface area contributed by atoms with Crippen molar-refractivity contribution in [2.75, 3.05) is 0 Å². The fourth-order valence-corrected chi connectivity index (χ4v) is 3.69. The molecule has 3 rings (SSSR count). The molecule has 0 saturated heterocycles. The van der Waals surface area contributed by atoms with E-state index in [4.69, 9.17) is 4.99 Å². The smallest absolute Gasteiger partial charge is 0.190 e. The Hall–Kier alpha value is -2.20. The monoisotopic (exact) mass is 340 g/mol. The van der Waals surface area contributed by atoms with Crippen LogP contribution in [-0.2, 0) is 0 Å². The molecule has 0 amide bonds. The van der Waals surface area contributed by atoms with Gasteiger partial charge in [-0.25, -0.2) is 9.38 Å². The molecule has 0 unspecified atom stereocenters. The minimum Gasteiger partial charge on any atom is -0.314 e. The molecule has 0 bridgehead atoms. The lowest BCUT2D eigenvalue weighted by molar-refractivity contribution is 0.590. The fourth-order valence-electron chi connectivity index (χ4n) is 2.64. The van der Waals surface area contributed by atoms with Crippen LogP contribution in [0.4, 0.5) is 10.1 Å². The van der Waals surface area contributed by atoms with Gasteiger partial charge in [0.1, 0.15) is 5.82 Å². The minimum atomic E-state index is -0.217. The maximum atomic E-state index is 13.2. The van der Waals surface area contributed by atoms with Crippen molar-refractivity contribution >= 4 is 17.0 Å². The van der Waals surface area contributed by atoms with Gasteiger partial charge >= 0.3 is 0 Å². The van der Waals surface area contributed by atoms with Gasteiger partial charge in [0, 0.05) is 11.4 Å². The molecule has 3 aromatic rings. The summed E-state index contributed by atoms with van der Waals surface area (Å²) in [5, 5.41) is 2.09. The Morgan fingerprint density at radius 2 is 1.71 bits per heavy atom. The maximum Gasteiger partial charge on any atom is 0.190 e. The van der Waals surface area contributed by atoms with Crippen LogP contribution in [-0.4, -0.2) is 4.57 Å². The van der Waals surface area contributed by atoms with E-state index in [1.165, 1.54) is 23.3 Å². The number of hydrogen-bond acceptors (Lipinski definition) is 2. The predicted octanol–water partition coefficient (Wildman–Crippen LogP) is 5.79. The molecule has 0 atom stereocenters. The topological polar surface area (TPSA) is 17.3 Å². The minimum absolute atomic E-state index is 0.217. The zero-order valence-electron chi connectivity index (χ0n) is 14.4. The summed E-state index contributed by atoms with van der Waals surface area (Å²) >= 11 is 1.61. The molecular formula is C20H21FN2S. The molecule has 4 heteroatoms. The van der Waals surface area contributed by atoms with Gasteiger partial charge in [0.15, 0.2) is 4.80 Å². The van der Waals surface area contributed by atoms with Gasteiger partial charge in [0.2, 0.25) is 0 Å². The lowest BCUT2D eigenvalue weighted by Crippen LogP contribution is -2.17. The molecule has 0 radical (unpaired) electrons. The van der Waals surface area contributed by atoms with E-state index in [0.29, 0.717) is 0 Å². The summed E-state index contributed by atoms with van der Waals surface area (Å²) in [6.45, 7) is 8.48. The van der Waals surface area contributed by atoms with Gasteiger partial charge in [0.05, 0.1) is 11.4 Å². The second-order valence-electron chi connectivity index (χ2n) is 6.25. The standard InChI is InChI=1S/C20H21FN2S/c1-13(2)23-19(16-6-8-17(21)9-7-16)12-24-20(23)22-18-10-5-14(3)15(4)11-18/h5-13H,1-4H3. The summed E-state index contributed by atoms with van der Waals surface area (Å²) in [5.41, 5.74) is 5.53. The van der Waals surface area contributed by atoms with Crippen LogP contribution in [0.25, 0.3) is 11.3 Å². The number of nitrogens with zero attached hydrogens (tertiary/aromatic N) is 2. The Balaban J connectivity index is 2.13. The lowest BCUT2D eigenvalue weighted by atomic mass is 10.1. The van der Waals surface area contributed by atoms with Gasteiger partial charge in [0.25, 0.3) is 0 Å². The van der Waals surface area contributed by atoms with Gasteiger partial charge < -0.3 is 4.57 Å². The molecule has 2 aromatic carbocycles. The summed E-state index contributed by atoms with van der Waals surface area (Å²) in [4.78, 5) is 5.79. The maximum absolute atomic E-state index is 13.2. The van der Waals surface area contributed by atoms with Gasteiger partial charge in [-0.1, -0.05) is 6.07 Å². The molecule has 0 saturated carbocycles. The molecule has 0 aliphatic heterocycles. The highest BCUT2D eigenvalue weighted by atomic mass is 32.1. The largest absolute Gasteiger partial charge is 0.314 e. The number of hydrogen-bond donors (Lipinski definition) is 0. The van der Waals surface area contributed by atoms with E-state index in [1.54, 1.807) is 11.3 Å². The van der Waals surface area contributed by atoms with Crippen molar-refractivity contribution in [3.05, 3.63) is 69.6 Å². The van der Waals surface area contributed by atoms with Crippen LogP contribution in [0.3, 0.4) is 0 Å². The summed E-state index contributed by atoms with van der Waals surface area (Å²) in [7, 11) is 0. The van der Waals surface area contributed by atoms with Crippen molar-refractivity contribution in [2.24, 2.45) is 4.99 Å². The van der Waals surface area contributed by atoms with Crippen molar-refractivity contribution < 1.29 is 4.39 Å². The molecule has 124 valence electrons. The van der Waals surface area contributed by atoms with Gasteiger partial charge in [-0.05, 0) is 80.8 Å². The van der Waals surface area contributed by atoms with E-state index in [0.717, 1.165) is 21.7 Å². The normalized spacial score (nSPS) is 12.2. The average Bonchev–Trinajstić information content (AvgIpc) is 2.95. The molecular weight excluding hydrogens is 319 g/mol. The first-order chi connectivity index (χ1) is 11.5. The van der Waals surface area contributed by atoms with Crippen LogP contribution < -0.4 is 4.80 Å². The Labute approximate surface area is 146 Å². The predicted molar refractivity (Wildman–Crippen MR) is 99.2 cm³/mol. The van der Waals surface area contributed by atoms with E-state index in [2.05, 4.69) is 49.8 Å². The Morgan fingerprint density at radius 3 is 2.33 bits per heavy atom. The molecule has 0 fully saturated rings. The van der Waals surface area contributed by atoms with Crippen LogP contribution in [0.15, 0.2) is 52.8 Å². The van der Waals surface area contributed by atoms with Crippen LogP contribution in [0.1, 0.15) is 31.0 Å². The van der Waals surface area contributed by atoms with Crippen molar-refractivity contribution in [1.29, 1.82) is 0 Å². The third-order valence-corrected chi connectivity index (χ3v) is 4.95. The molecule has 2 nitrogen and oxygen atoms in total. The number of benzene rings is 2. The van der Waals surface area contributed by atoms with Crippen molar-refractivity contribution in [1.82, 2.24) is 4.57 Å². The van der Waals surface area contributed by atoms with Gasteiger partial charge in [-0.2, -0.15) is 0 Å². The van der Waals surface area contributed by atoms with Crippen LogP contribution in [0.5, 0.6) is 0 Å². The molecule has 0 N–H and O–H groups in total. The fraction of sp³-hybridized carbons (Fsp3) is 0.250. The third kappa shape index (κ3) is 3.34. The number of halogens is 1. The van der Waals surface area contributed by atoms with E-state index in [1.807, 2.05) is 18.2 Å². The third-order valence-electron chi connectivity index (χ3n) is 4.11. The first-order valence-corrected chi connectivity index (χ1v) is 8.91. The van der Waals surface area contributed by atoms with E-state index < -0.39 is 0 Å². The van der Waals surface area contributed by atoms with E-state index >= 15 is 0 Å². The summed E-state index contributed by atoms with van der Waals surface area (Å²) in [6.07, 6.45) is 0. The Bertz CT molecular complexity index is 918. The van der Waals surface area contributed by atoms with Crippen molar-refractivity contribution in [2.45, 2.75) is 33.7 Å². The summed E-state index contributed by atoms with van der Waals surface area (Å²) in [6, 6.07) is 13.1. The Kier molecular flexibility index (Phi) is 4.67. The SMILES string of the molecule is Cc1ccc(N=c2scc(-c3ccc(F)cc3)n2C(C)C)cc1C. The van der Waals surface area contributed by atoms with Crippen molar-refractivity contribution in [3.8, 4) is 11.3 Å². The first-order valence-electron chi connectivity index (χ1n) is 8.03. The molecule has 0 spiro atoms. The summed E-state index contributed by atoms with van der Waals surface area (Å²) < 4.78 is 15.4. The van der Waals surface area contributed by atoms with Crippen LogP contribution >= 0.6 is 11.3 Å². The quantitative estimate of drug-likeness (QED) is 0.574. The first kappa shape index (κ1) is 16.7. The molecule has 0 aliphatic rings. The average molecular weight is 340 g/mol. The molecule has 0 aliphatic carbocycles. The van der Waals surface area contributed by atoms with Gasteiger partial charge in [-0.15, -0.1) is 11.3 Å². The molecule has 24 heavy (non-hydrogen) atoms. The second-order valence-corrected chi connectivity index (χ2v) is 7.09. The van der Waals surface area contributed by atoms with Gasteiger partial charge in [-0.3, -0.25) is 0 Å². The number of aryl methyl sites for hydroxylation is 2. The van der Waals surface area contributed by atoms with Crippen LogP contribution in [0, 0.1) is 19.7 Å². The highest BCUT2D eigenvalue weighted by molar-refractivity contribution is 7.07. The van der Waals surface area contributed by atoms with Crippen molar-refractivity contribution in [3.63, 3.8) is 0 Å². The highest BCUT2D eigenvalue weighted by Gasteiger charge is 2.11.